The Bertz CT molecular complexity index is 116. The molecule has 0 aromatic heterocycles. The number of methoxy groups -OCH3 is 1. The summed E-state index contributed by atoms with van der Waals surface area (Å²) in [5.74, 6) is 0.375. The van der Waals surface area contributed by atoms with Crippen LogP contribution in [-0.4, -0.2) is 37.6 Å². The second-order valence-corrected chi connectivity index (χ2v) is 3.12. The Labute approximate surface area is 67.3 Å². The Morgan fingerprint density at radius 2 is 2.36 bits per heavy atom. The molecule has 0 aromatic rings. The first kappa shape index (κ1) is 8.97. The second-order valence-electron chi connectivity index (χ2n) is 3.12. The van der Waals surface area contributed by atoms with Gasteiger partial charge in [-0.2, -0.15) is 0 Å². The molecule has 0 amide bonds. The summed E-state index contributed by atoms with van der Waals surface area (Å²) in [6, 6.07) is 0. The van der Waals surface area contributed by atoms with E-state index in [1.807, 2.05) is 6.92 Å². The van der Waals surface area contributed by atoms with Gasteiger partial charge in [0.1, 0.15) is 0 Å². The maximum atomic E-state index is 8.90. The van der Waals surface area contributed by atoms with Gasteiger partial charge in [0.05, 0.1) is 25.4 Å². The van der Waals surface area contributed by atoms with Crippen molar-refractivity contribution in [3.63, 3.8) is 0 Å². The van der Waals surface area contributed by atoms with Gasteiger partial charge in [0.15, 0.2) is 0 Å². The lowest BCUT2D eigenvalue weighted by atomic mass is 10.0. The zero-order valence-electron chi connectivity index (χ0n) is 7.12. The van der Waals surface area contributed by atoms with Gasteiger partial charge in [-0.1, -0.05) is 0 Å². The fraction of sp³-hybridized carbons (Fsp3) is 1.00. The summed E-state index contributed by atoms with van der Waals surface area (Å²) in [7, 11) is 1.68. The number of hydrogen-bond acceptors (Lipinski definition) is 3. The standard InChI is InChI=1S/C8H16O3/c1-6-3-7(5-10-2)8(4-9)11-6/h6-9H,3-5H2,1-2H3/t6-,7+,8+/m1/s1. The van der Waals surface area contributed by atoms with Crippen LogP contribution in [0.5, 0.6) is 0 Å². The molecule has 1 fully saturated rings. The molecule has 3 nitrogen and oxygen atoms in total. The van der Waals surface area contributed by atoms with Crippen molar-refractivity contribution in [2.24, 2.45) is 5.92 Å². The van der Waals surface area contributed by atoms with E-state index >= 15 is 0 Å². The number of aliphatic hydroxyl groups is 1. The predicted octanol–water partition coefficient (Wildman–Crippen LogP) is 0.419. The fourth-order valence-corrected chi connectivity index (χ4v) is 1.62. The predicted molar refractivity (Wildman–Crippen MR) is 41.4 cm³/mol. The van der Waals surface area contributed by atoms with E-state index in [4.69, 9.17) is 14.6 Å². The molecule has 1 heterocycles. The van der Waals surface area contributed by atoms with Gasteiger partial charge in [0, 0.05) is 13.0 Å². The summed E-state index contributed by atoms with van der Waals surface area (Å²) in [5, 5.41) is 8.90. The number of aliphatic hydroxyl groups excluding tert-OH is 1. The molecular formula is C8H16O3. The van der Waals surface area contributed by atoms with Gasteiger partial charge >= 0.3 is 0 Å². The molecule has 1 N–H and O–H groups in total. The van der Waals surface area contributed by atoms with Crippen LogP contribution < -0.4 is 0 Å². The Balaban J connectivity index is 2.37. The number of ether oxygens (including phenoxy) is 2. The van der Waals surface area contributed by atoms with Crippen molar-refractivity contribution in [3.8, 4) is 0 Å². The molecule has 0 spiro atoms. The summed E-state index contributed by atoms with van der Waals surface area (Å²) < 4.78 is 10.5. The van der Waals surface area contributed by atoms with E-state index in [1.54, 1.807) is 7.11 Å². The first-order valence-corrected chi connectivity index (χ1v) is 4.03. The molecule has 0 saturated carbocycles. The SMILES string of the molecule is COC[C@@H]1C[C@@H](C)O[C@H]1CO. The highest BCUT2D eigenvalue weighted by Gasteiger charge is 2.31. The first-order valence-electron chi connectivity index (χ1n) is 4.03. The van der Waals surface area contributed by atoms with E-state index in [0.29, 0.717) is 12.5 Å². The lowest BCUT2D eigenvalue weighted by Gasteiger charge is -2.14. The smallest absolute Gasteiger partial charge is 0.0860 e. The van der Waals surface area contributed by atoms with Crippen molar-refractivity contribution in [3.05, 3.63) is 0 Å². The summed E-state index contributed by atoms with van der Waals surface area (Å²) in [4.78, 5) is 0. The van der Waals surface area contributed by atoms with Crippen LogP contribution in [0.3, 0.4) is 0 Å². The molecule has 0 radical (unpaired) electrons. The van der Waals surface area contributed by atoms with Gasteiger partial charge in [-0.25, -0.2) is 0 Å². The lowest BCUT2D eigenvalue weighted by molar-refractivity contribution is -0.00509. The average molecular weight is 160 g/mol. The molecule has 0 aromatic carbocycles. The Kier molecular flexibility index (Phi) is 3.30. The van der Waals surface area contributed by atoms with E-state index in [0.717, 1.165) is 6.42 Å². The average Bonchev–Trinajstić information content (AvgIpc) is 2.32. The van der Waals surface area contributed by atoms with Crippen LogP contribution in [0.2, 0.25) is 0 Å². The van der Waals surface area contributed by atoms with E-state index < -0.39 is 0 Å². The Hall–Kier alpha value is -0.120. The molecule has 1 aliphatic heterocycles. The van der Waals surface area contributed by atoms with Gasteiger partial charge in [-0.3, -0.25) is 0 Å². The molecule has 0 aliphatic carbocycles. The highest BCUT2D eigenvalue weighted by molar-refractivity contribution is 4.79. The third kappa shape index (κ3) is 2.15. The van der Waals surface area contributed by atoms with Crippen molar-refractivity contribution in [1.29, 1.82) is 0 Å². The minimum Gasteiger partial charge on any atom is -0.394 e. The van der Waals surface area contributed by atoms with Gasteiger partial charge in [0.25, 0.3) is 0 Å². The van der Waals surface area contributed by atoms with E-state index in [9.17, 15) is 0 Å². The fourth-order valence-electron chi connectivity index (χ4n) is 1.62. The Morgan fingerprint density at radius 3 is 2.91 bits per heavy atom. The van der Waals surface area contributed by atoms with Gasteiger partial charge in [0.2, 0.25) is 0 Å². The van der Waals surface area contributed by atoms with Crippen LogP contribution in [0.1, 0.15) is 13.3 Å². The molecule has 3 heteroatoms. The summed E-state index contributed by atoms with van der Waals surface area (Å²) in [6.07, 6.45) is 1.26. The number of rotatable bonds is 3. The molecule has 3 atom stereocenters. The molecule has 1 aliphatic rings. The van der Waals surface area contributed by atoms with Crippen molar-refractivity contribution in [1.82, 2.24) is 0 Å². The summed E-state index contributed by atoms with van der Waals surface area (Å²) in [6.45, 7) is 2.83. The van der Waals surface area contributed by atoms with Crippen LogP contribution in [0, 0.1) is 5.92 Å². The van der Waals surface area contributed by atoms with Gasteiger partial charge in [-0.15, -0.1) is 0 Å². The number of hydrogen-bond donors (Lipinski definition) is 1. The minimum atomic E-state index is -0.00931. The maximum absolute atomic E-state index is 8.90. The van der Waals surface area contributed by atoms with Crippen LogP contribution in [0.25, 0.3) is 0 Å². The van der Waals surface area contributed by atoms with Crippen LogP contribution >= 0.6 is 0 Å². The van der Waals surface area contributed by atoms with Crippen LogP contribution in [0.4, 0.5) is 0 Å². The van der Waals surface area contributed by atoms with E-state index in [2.05, 4.69) is 0 Å². The molecule has 11 heavy (non-hydrogen) atoms. The monoisotopic (exact) mass is 160 g/mol. The third-order valence-corrected chi connectivity index (χ3v) is 2.13. The maximum Gasteiger partial charge on any atom is 0.0860 e. The zero-order valence-corrected chi connectivity index (χ0v) is 7.12. The van der Waals surface area contributed by atoms with Crippen molar-refractivity contribution < 1.29 is 14.6 Å². The molecule has 1 saturated heterocycles. The molecule has 0 bridgehead atoms. The first-order chi connectivity index (χ1) is 5.27. The second kappa shape index (κ2) is 4.04. The van der Waals surface area contributed by atoms with Crippen LogP contribution in [0.15, 0.2) is 0 Å². The van der Waals surface area contributed by atoms with Gasteiger partial charge < -0.3 is 14.6 Å². The highest BCUT2D eigenvalue weighted by atomic mass is 16.5. The molecule has 1 rings (SSSR count). The summed E-state index contributed by atoms with van der Waals surface area (Å²) in [5.41, 5.74) is 0. The largest absolute Gasteiger partial charge is 0.394 e. The highest BCUT2D eigenvalue weighted by Crippen LogP contribution is 2.25. The van der Waals surface area contributed by atoms with Crippen molar-refractivity contribution >= 4 is 0 Å². The van der Waals surface area contributed by atoms with E-state index in [1.165, 1.54) is 0 Å². The van der Waals surface area contributed by atoms with Crippen LogP contribution in [-0.2, 0) is 9.47 Å². The zero-order chi connectivity index (χ0) is 8.27. The quantitative estimate of drug-likeness (QED) is 0.650. The summed E-state index contributed by atoms with van der Waals surface area (Å²) >= 11 is 0. The van der Waals surface area contributed by atoms with Gasteiger partial charge in [-0.05, 0) is 13.3 Å². The Morgan fingerprint density at radius 1 is 1.64 bits per heavy atom. The lowest BCUT2D eigenvalue weighted by Crippen LogP contribution is -2.23. The molecular weight excluding hydrogens is 144 g/mol. The minimum absolute atomic E-state index is 0.00931. The topological polar surface area (TPSA) is 38.7 Å². The van der Waals surface area contributed by atoms with Crippen molar-refractivity contribution in [2.45, 2.75) is 25.6 Å². The molecule has 0 unspecified atom stereocenters. The van der Waals surface area contributed by atoms with Crippen molar-refractivity contribution in [2.75, 3.05) is 20.3 Å². The van der Waals surface area contributed by atoms with E-state index in [-0.39, 0.29) is 18.8 Å². The molecule has 66 valence electrons. The third-order valence-electron chi connectivity index (χ3n) is 2.13. The normalized spacial score (nSPS) is 37.9.